The van der Waals surface area contributed by atoms with E-state index >= 15 is 0 Å². The number of hydrogen-bond acceptors (Lipinski definition) is 4. The molecule has 1 aromatic carbocycles. The van der Waals surface area contributed by atoms with Crippen LogP contribution >= 0.6 is 11.6 Å². The molecule has 5 heteroatoms. The van der Waals surface area contributed by atoms with E-state index in [0.29, 0.717) is 30.0 Å². The Kier molecular flexibility index (Phi) is 6.19. The Morgan fingerprint density at radius 1 is 1.16 bits per heavy atom. The van der Waals surface area contributed by atoms with Crippen molar-refractivity contribution in [1.82, 2.24) is 9.97 Å². The molecule has 0 amide bonds. The molecule has 0 saturated carbocycles. The first-order valence-corrected chi connectivity index (χ1v) is 8.56. The van der Waals surface area contributed by atoms with Crippen LogP contribution in [-0.4, -0.2) is 29.5 Å². The van der Waals surface area contributed by atoms with E-state index in [-0.39, 0.29) is 0 Å². The summed E-state index contributed by atoms with van der Waals surface area (Å²) in [6.07, 6.45) is 6.82. The molecule has 128 valence electrons. The van der Waals surface area contributed by atoms with E-state index in [1.165, 1.54) is 0 Å². The number of benzene rings is 1. The molecular weight excluding hydrogens is 336 g/mol. The number of rotatable bonds is 4. The molecule has 1 fully saturated rings. The molecule has 1 aliphatic heterocycles. The van der Waals surface area contributed by atoms with Gasteiger partial charge in [0.15, 0.2) is 5.82 Å². The monoisotopic (exact) mass is 354 g/mol. The maximum atomic E-state index is 5.89. The highest BCUT2D eigenvalue weighted by Crippen LogP contribution is 2.18. The zero-order valence-electron chi connectivity index (χ0n) is 13.8. The van der Waals surface area contributed by atoms with Crippen LogP contribution in [0.4, 0.5) is 0 Å². The predicted octanol–water partition coefficient (Wildman–Crippen LogP) is 4.10. The lowest BCUT2D eigenvalue weighted by molar-refractivity contribution is -0.169. The Morgan fingerprint density at radius 2 is 1.84 bits per heavy atom. The van der Waals surface area contributed by atoms with Crippen LogP contribution in [0.2, 0.25) is 5.02 Å². The number of ether oxygens (including phenoxy) is 2. The summed E-state index contributed by atoms with van der Waals surface area (Å²) in [5.41, 5.74) is 1.63. The molecule has 0 spiro atoms. The van der Waals surface area contributed by atoms with E-state index in [9.17, 15) is 0 Å². The van der Waals surface area contributed by atoms with Gasteiger partial charge in [-0.05, 0) is 43.0 Å². The average molecular weight is 355 g/mol. The molecular formula is C20H19ClN2O2. The summed E-state index contributed by atoms with van der Waals surface area (Å²) < 4.78 is 11.3. The Balaban J connectivity index is 1.57. The first kappa shape index (κ1) is 17.6. The van der Waals surface area contributed by atoms with Crippen molar-refractivity contribution in [3.8, 4) is 23.2 Å². The molecule has 0 unspecified atom stereocenters. The lowest BCUT2D eigenvalue weighted by Crippen LogP contribution is -2.31. The summed E-state index contributed by atoms with van der Waals surface area (Å²) >= 11 is 5.89. The fourth-order valence-corrected chi connectivity index (χ4v) is 2.56. The standard InChI is InChI=1S/C20H19ClN2O2/c1-2-3-4-16-13-24-19(25-14-16)10-5-15-11-22-20(23-12-15)17-6-8-18(21)9-7-17/h2,6-9,11-12,16,19H,1,3-4,13-14H2. The van der Waals surface area contributed by atoms with Gasteiger partial charge in [-0.25, -0.2) is 9.97 Å². The summed E-state index contributed by atoms with van der Waals surface area (Å²) in [6, 6.07) is 7.40. The maximum absolute atomic E-state index is 5.89. The van der Waals surface area contributed by atoms with E-state index in [2.05, 4.69) is 28.4 Å². The molecule has 2 heterocycles. The van der Waals surface area contributed by atoms with Gasteiger partial charge in [0, 0.05) is 28.9 Å². The third kappa shape index (κ3) is 5.14. The normalized spacial score (nSPS) is 19.7. The molecule has 1 aliphatic rings. The highest BCUT2D eigenvalue weighted by atomic mass is 35.5. The van der Waals surface area contributed by atoms with Crippen molar-refractivity contribution in [3.63, 3.8) is 0 Å². The van der Waals surface area contributed by atoms with Crippen molar-refractivity contribution in [1.29, 1.82) is 0 Å². The summed E-state index contributed by atoms with van der Waals surface area (Å²) in [5.74, 6) is 7.02. The van der Waals surface area contributed by atoms with Crippen LogP contribution in [0.3, 0.4) is 0 Å². The molecule has 3 rings (SSSR count). The number of aromatic nitrogens is 2. The van der Waals surface area contributed by atoms with Crippen LogP contribution in [0.1, 0.15) is 18.4 Å². The molecule has 0 atom stereocenters. The molecule has 1 aromatic heterocycles. The van der Waals surface area contributed by atoms with Gasteiger partial charge in [-0.15, -0.1) is 6.58 Å². The van der Waals surface area contributed by atoms with Gasteiger partial charge in [-0.2, -0.15) is 0 Å². The van der Waals surface area contributed by atoms with Crippen molar-refractivity contribution < 1.29 is 9.47 Å². The Bertz CT molecular complexity index is 755. The molecule has 0 radical (unpaired) electrons. The summed E-state index contributed by atoms with van der Waals surface area (Å²) in [5, 5.41) is 0.686. The minimum absolute atomic E-state index is 0.415. The lowest BCUT2D eigenvalue weighted by atomic mass is 10.1. The second kappa shape index (κ2) is 8.77. The average Bonchev–Trinajstić information content (AvgIpc) is 2.67. The van der Waals surface area contributed by atoms with Gasteiger partial charge in [-0.1, -0.05) is 23.6 Å². The van der Waals surface area contributed by atoms with Gasteiger partial charge < -0.3 is 9.47 Å². The third-order valence-electron chi connectivity index (χ3n) is 3.83. The predicted molar refractivity (Wildman–Crippen MR) is 98.0 cm³/mol. The van der Waals surface area contributed by atoms with E-state index in [4.69, 9.17) is 21.1 Å². The van der Waals surface area contributed by atoms with Crippen molar-refractivity contribution in [3.05, 3.63) is 59.9 Å². The molecule has 25 heavy (non-hydrogen) atoms. The largest absolute Gasteiger partial charge is 0.342 e. The van der Waals surface area contributed by atoms with E-state index < -0.39 is 6.29 Å². The lowest BCUT2D eigenvalue weighted by Gasteiger charge is -2.26. The first-order chi connectivity index (χ1) is 12.2. The van der Waals surface area contributed by atoms with Crippen LogP contribution in [0.15, 0.2) is 49.3 Å². The fraction of sp³-hybridized carbons (Fsp3) is 0.300. The second-order valence-electron chi connectivity index (χ2n) is 5.80. The Morgan fingerprint density at radius 3 is 2.48 bits per heavy atom. The van der Waals surface area contributed by atoms with Gasteiger partial charge >= 0.3 is 0 Å². The van der Waals surface area contributed by atoms with Crippen LogP contribution in [0.25, 0.3) is 11.4 Å². The van der Waals surface area contributed by atoms with Gasteiger partial charge in [0.05, 0.1) is 18.8 Å². The fourth-order valence-electron chi connectivity index (χ4n) is 2.43. The van der Waals surface area contributed by atoms with Gasteiger partial charge in [-0.3, -0.25) is 0 Å². The first-order valence-electron chi connectivity index (χ1n) is 8.18. The zero-order chi connectivity index (χ0) is 17.5. The maximum Gasteiger partial charge on any atom is 0.222 e. The van der Waals surface area contributed by atoms with E-state index in [1.54, 1.807) is 12.4 Å². The molecule has 0 aliphatic carbocycles. The zero-order valence-corrected chi connectivity index (χ0v) is 14.6. The van der Waals surface area contributed by atoms with Crippen LogP contribution in [0, 0.1) is 17.8 Å². The molecule has 1 saturated heterocycles. The van der Waals surface area contributed by atoms with Crippen molar-refractivity contribution in [2.75, 3.05) is 13.2 Å². The topological polar surface area (TPSA) is 44.2 Å². The Hall–Kier alpha value is -2.19. The highest BCUT2D eigenvalue weighted by molar-refractivity contribution is 6.30. The highest BCUT2D eigenvalue weighted by Gasteiger charge is 2.19. The third-order valence-corrected chi connectivity index (χ3v) is 4.09. The molecule has 0 bridgehead atoms. The Labute approximate surface area is 152 Å². The van der Waals surface area contributed by atoms with Gasteiger partial charge in [0.25, 0.3) is 0 Å². The quantitative estimate of drug-likeness (QED) is 0.612. The summed E-state index contributed by atoms with van der Waals surface area (Å²) in [7, 11) is 0. The molecule has 0 N–H and O–H groups in total. The van der Waals surface area contributed by atoms with Crippen LogP contribution in [-0.2, 0) is 9.47 Å². The van der Waals surface area contributed by atoms with E-state index in [0.717, 1.165) is 24.0 Å². The van der Waals surface area contributed by atoms with Crippen LogP contribution in [0.5, 0.6) is 0 Å². The van der Waals surface area contributed by atoms with Gasteiger partial charge in [0.2, 0.25) is 6.29 Å². The smallest absolute Gasteiger partial charge is 0.222 e. The number of halogens is 1. The second-order valence-corrected chi connectivity index (χ2v) is 6.24. The minimum Gasteiger partial charge on any atom is -0.342 e. The van der Waals surface area contributed by atoms with Crippen molar-refractivity contribution >= 4 is 11.6 Å². The van der Waals surface area contributed by atoms with Crippen LogP contribution < -0.4 is 0 Å². The number of hydrogen-bond donors (Lipinski definition) is 0. The summed E-state index contributed by atoms with van der Waals surface area (Å²) in [6.45, 7) is 5.06. The van der Waals surface area contributed by atoms with E-state index in [1.807, 2.05) is 30.3 Å². The van der Waals surface area contributed by atoms with Crippen molar-refractivity contribution in [2.45, 2.75) is 19.1 Å². The summed E-state index contributed by atoms with van der Waals surface area (Å²) in [4.78, 5) is 8.68. The minimum atomic E-state index is -0.490. The SMILES string of the molecule is C=CCCC1COC(C#Cc2cnc(-c3ccc(Cl)cc3)nc2)OC1. The van der Waals surface area contributed by atoms with Crippen molar-refractivity contribution in [2.24, 2.45) is 5.92 Å². The molecule has 2 aromatic rings. The molecule has 4 nitrogen and oxygen atoms in total. The number of allylic oxidation sites excluding steroid dienone is 1. The van der Waals surface area contributed by atoms with Gasteiger partial charge in [0.1, 0.15) is 0 Å². The number of nitrogens with zero attached hydrogens (tertiary/aromatic N) is 2.